The Bertz CT molecular complexity index is 789. The monoisotopic (exact) mass is 303 g/mol. The molecule has 1 atom stereocenters. The van der Waals surface area contributed by atoms with Gasteiger partial charge in [-0.25, -0.2) is 4.79 Å². The predicted molar refractivity (Wildman–Crippen MR) is 80.7 cm³/mol. The number of fused-ring (bicyclic) bond motifs is 1. The van der Waals surface area contributed by atoms with Crippen LogP contribution in [0.25, 0.3) is 10.9 Å². The molecule has 0 aliphatic carbocycles. The first-order valence-corrected chi connectivity index (χ1v) is 6.73. The third-order valence-corrected chi connectivity index (χ3v) is 3.28. The molecule has 116 valence electrons. The van der Waals surface area contributed by atoms with Crippen molar-refractivity contribution in [2.75, 3.05) is 0 Å². The molecule has 0 aliphatic heterocycles. The summed E-state index contributed by atoms with van der Waals surface area (Å²) in [6, 6.07) is 5.52. The van der Waals surface area contributed by atoms with E-state index in [0.29, 0.717) is 10.9 Å². The number of hydrogen-bond acceptors (Lipinski definition) is 4. The van der Waals surface area contributed by atoms with Crippen molar-refractivity contribution >= 4 is 22.8 Å². The predicted octanol–water partition coefficient (Wildman–Crippen LogP) is 1.15. The fourth-order valence-corrected chi connectivity index (χ4v) is 2.08. The van der Waals surface area contributed by atoms with Crippen molar-refractivity contribution in [1.82, 2.24) is 15.5 Å². The number of hydrogen-bond donors (Lipinski definition) is 3. The number of nitrogens with zero attached hydrogens (tertiary/aromatic N) is 1. The zero-order valence-corrected chi connectivity index (χ0v) is 12.5. The molecular formula is C15H17N3O4. The number of carboxylic acids is 1. The molecule has 2 aromatic rings. The van der Waals surface area contributed by atoms with Crippen LogP contribution in [0.5, 0.6) is 0 Å². The molecule has 1 aromatic heterocycles. The number of nitrogens with one attached hydrogen (secondary N) is 2. The number of carbonyl (C=O) groups is 2. The number of para-hydroxylation sites is 1. The van der Waals surface area contributed by atoms with Crippen molar-refractivity contribution in [2.24, 2.45) is 5.41 Å². The number of H-pyrrole nitrogens is 1. The molecule has 22 heavy (non-hydrogen) atoms. The van der Waals surface area contributed by atoms with Gasteiger partial charge in [-0.15, -0.1) is 0 Å². The zero-order chi connectivity index (χ0) is 16.5. The highest BCUT2D eigenvalue weighted by atomic mass is 16.4. The van der Waals surface area contributed by atoms with Crippen molar-refractivity contribution < 1.29 is 14.7 Å². The van der Waals surface area contributed by atoms with E-state index < -0.39 is 28.8 Å². The minimum Gasteiger partial charge on any atom is -0.480 e. The van der Waals surface area contributed by atoms with E-state index in [1.54, 1.807) is 45.0 Å². The SMILES string of the molecule is CC(C)(C)[C@@H](NC(=O)c1n[nH]c2ccccc2c1=O)C(=O)O. The summed E-state index contributed by atoms with van der Waals surface area (Å²) in [4.78, 5) is 35.8. The molecule has 0 bridgehead atoms. The van der Waals surface area contributed by atoms with Crippen LogP contribution in [0.4, 0.5) is 0 Å². The van der Waals surface area contributed by atoms with E-state index in [2.05, 4.69) is 15.5 Å². The van der Waals surface area contributed by atoms with Gasteiger partial charge in [0.05, 0.1) is 5.52 Å². The van der Waals surface area contributed by atoms with Gasteiger partial charge in [0.1, 0.15) is 6.04 Å². The zero-order valence-electron chi connectivity index (χ0n) is 12.5. The van der Waals surface area contributed by atoms with Gasteiger partial charge in [-0.3, -0.25) is 14.7 Å². The topological polar surface area (TPSA) is 112 Å². The van der Waals surface area contributed by atoms with E-state index in [0.717, 1.165) is 0 Å². The van der Waals surface area contributed by atoms with Gasteiger partial charge in [0.25, 0.3) is 5.91 Å². The Kier molecular flexibility index (Phi) is 3.99. The second-order valence-corrected chi connectivity index (χ2v) is 6.06. The van der Waals surface area contributed by atoms with Crippen molar-refractivity contribution in [3.8, 4) is 0 Å². The minimum absolute atomic E-state index is 0.324. The summed E-state index contributed by atoms with van der Waals surface area (Å²) in [6.07, 6.45) is 0. The Labute approximate surface area is 126 Å². The normalized spacial score (nSPS) is 12.9. The van der Waals surface area contributed by atoms with E-state index in [1.165, 1.54) is 0 Å². The third kappa shape index (κ3) is 2.98. The first-order chi connectivity index (χ1) is 10.2. The molecule has 0 fully saturated rings. The molecule has 0 unspecified atom stereocenters. The molecule has 7 heteroatoms. The molecular weight excluding hydrogens is 286 g/mol. The lowest BCUT2D eigenvalue weighted by atomic mass is 9.86. The van der Waals surface area contributed by atoms with Crippen LogP contribution in [-0.2, 0) is 4.79 Å². The van der Waals surface area contributed by atoms with Crippen LogP contribution in [-0.4, -0.2) is 33.2 Å². The van der Waals surface area contributed by atoms with Crippen LogP contribution in [0.3, 0.4) is 0 Å². The van der Waals surface area contributed by atoms with E-state index >= 15 is 0 Å². The van der Waals surface area contributed by atoms with Gasteiger partial charge in [0.15, 0.2) is 5.69 Å². The second-order valence-electron chi connectivity index (χ2n) is 6.06. The standard InChI is InChI=1S/C15H17N3O4/c1-15(2,3)12(14(21)22)16-13(20)10-11(19)8-6-4-5-7-9(8)17-18-10/h4-7,12H,1-3H3,(H,16,20)(H,17,19)(H,21,22)/t12-/m0/s1. The van der Waals surface area contributed by atoms with Gasteiger partial charge in [-0.1, -0.05) is 32.9 Å². The number of amides is 1. The van der Waals surface area contributed by atoms with E-state index in [9.17, 15) is 19.5 Å². The highest BCUT2D eigenvalue weighted by Gasteiger charge is 2.33. The molecule has 0 aliphatic rings. The van der Waals surface area contributed by atoms with Crippen LogP contribution in [0, 0.1) is 5.41 Å². The number of carboxylic acid groups (broad SMARTS) is 1. The average Bonchev–Trinajstić information content (AvgIpc) is 2.43. The van der Waals surface area contributed by atoms with Crippen LogP contribution < -0.4 is 10.7 Å². The first kappa shape index (κ1) is 15.7. The lowest BCUT2D eigenvalue weighted by molar-refractivity contribution is -0.142. The number of rotatable bonds is 3. The van der Waals surface area contributed by atoms with Crippen molar-refractivity contribution in [2.45, 2.75) is 26.8 Å². The number of aliphatic carboxylic acids is 1. The van der Waals surface area contributed by atoms with Crippen molar-refractivity contribution in [3.05, 3.63) is 40.2 Å². The fourth-order valence-electron chi connectivity index (χ4n) is 2.08. The lowest BCUT2D eigenvalue weighted by Gasteiger charge is -2.27. The molecule has 1 heterocycles. The van der Waals surface area contributed by atoms with Crippen LogP contribution in [0.2, 0.25) is 0 Å². The third-order valence-electron chi connectivity index (χ3n) is 3.28. The molecule has 0 saturated heterocycles. The molecule has 2 rings (SSSR count). The van der Waals surface area contributed by atoms with Gasteiger partial charge in [0.2, 0.25) is 5.43 Å². The van der Waals surface area contributed by atoms with Crippen LogP contribution in [0.15, 0.2) is 29.1 Å². The fraction of sp³-hybridized carbons (Fsp3) is 0.333. The van der Waals surface area contributed by atoms with Crippen molar-refractivity contribution in [3.63, 3.8) is 0 Å². The van der Waals surface area contributed by atoms with Gasteiger partial charge in [-0.2, -0.15) is 5.10 Å². The minimum atomic E-state index is -1.17. The van der Waals surface area contributed by atoms with Gasteiger partial charge in [-0.05, 0) is 17.5 Å². The molecule has 7 nitrogen and oxygen atoms in total. The Balaban J connectivity index is 2.40. The second kappa shape index (κ2) is 5.59. The van der Waals surface area contributed by atoms with Gasteiger partial charge < -0.3 is 10.4 Å². The summed E-state index contributed by atoms with van der Waals surface area (Å²) in [5.41, 5.74) is -1.08. The number of aromatic nitrogens is 2. The van der Waals surface area contributed by atoms with Crippen molar-refractivity contribution in [1.29, 1.82) is 0 Å². The maximum Gasteiger partial charge on any atom is 0.326 e. The molecule has 3 N–H and O–H groups in total. The molecule has 1 amide bonds. The summed E-state index contributed by atoms with van der Waals surface area (Å²) in [6.45, 7) is 5.05. The summed E-state index contributed by atoms with van der Waals surface area (Å²) < 4.78 is 0. The summed E-state index contributed by atoms with van der Waals surface area (Å²) in [5, 5.41) is 18.3. The van der Waals surface area contributed by atoms with Crippen LogP contribution in [0.1, 0.15) is 31.3 Å². The Morgan fingerprint density at radius 2 is 1.91 bits per heavy atom. The van der Waals surface area contributed by atoms with Crippen LogP contribution >= 0.6 is 0 Å². The van der Waals surface area contributed by atoms with Gasteiger partial charge in [0, 0.05) is 5.39 Å². The van der Waals surface area contributed by atoms with E-state index in [-0.39, 0.29) is 5.69 Å². The lowest BCUT2D eigenvalue weighted by Crippen LogP contribution is -2.50. The highest BCUT2D eigenvalue weighted by molar-refractivity contribution is 5.97. The number of carbonyl (C=O) groups excluding carboxylic acids is 1. The molecule has 0 saturated carbocycles. The van der Waals surface area contributed by atoms with Gasteiger partial charge >= 0.3 is 5.97 Å². The summed E-state index contributed by atoms with van der Waals surface area (Å²) in [5.74, 6) is -1.98. The smallest absolute Gasteiger partial charge is 0.326 e. The number of benzene rings is 1. The highest BCUT2D eigenvalue weighted by Crippen LogP contribution is 2.19. The Hall–Kier alpha value is -2.70. The average molecular weight is 303 g/mol. The first-order valence-electron chi connectivity index (χ1n) is 6.73. The molecule has 0 radical (unpaired) electrons. The molecule has 1 aromatic carbocycles. The summed E-state index contributed by atoms with van der Waals surface area (Å²) in [7, 11) is 0. The molecule has 0 spiro atoms. The van der Waals surface area contributed by atoms with E-state index in [1.807, 2.05) is 0 Å². The van der Waals surface area contributed by atoms with E-state index in [4.69, 9.17) is 0 Å². The summed E-state index contributed by atoms with van der Waals surface area (Å²) >= 11 is 0. The maximum absolute atomic E-state index is 12.3. The number of aromatic amines is 1. The largest absolute Gasteiger partial charge is 0.480 e. The Morgan fingerprint density at radius 3 is 2.50 bits per heavy atom. The quantitative estimate of drug-likeness (QED) is 0.787. The Morgan fingerprint density at radius 1 is 1.27 bits per heavy atom. The maximum atomic E-state index is 12.3.